The third-order valence-electron chi connectivity index (χ3n) is 6.42. The van der Waals surface area contributed by atoms with Crippen LogP contribution in [0.5, 0.6) is 0 Å². The quantitative estimate of drug-likeness (QED) is 0.267. The zero-order valence-electron chi connectivity index (χ0n) is 18.2. The van der Waals surface area contributed by atoms with Gasteiger partial charge in [-0.05, 0) is 18.3 Å². The lowest BCUT2D eigenvalue weighted by atomic mass is 9.74. The third-order valence-corrected chi connectivity index (χ3v) is 6.42. The van der Waals surface area contributed by atoms with Crippen molar-refractivity contribution >= 4 is 5.91 Å². The van der Waals surface area contributed by atoms with Crippen LogP contribution in [0.1, 0.15) is 130 Å². The van der Waals surface area contributed by atoms with Gasteiger partial charge in [-0.15, -0.1) is 0 Å². The molecule has 0 aromatic rings. The Balaban J connectivity index is 1.83. The minimum absolute atomic E-state index is 0.178. The molecule has 1 rings (SSSR count). The minimum Gasteiger partial charge on any atom is -0.356 e. The molecule has 1 saturated heterocycles. The number of carbonyl (C=O) groups excluding carboxylic acids is 1. The smallest absolute Gasteiger partial charge is 0.223 e. The maximum atomic E-state index is 11.9. The summed E-state index contributed by atoms with van der Waals surface area (Å²) in [4.78, 5) is 11.9. The molecule has 0 aromatic carbocycles. The highest BCUT2D eigenvalue weighted by molar-refractivity contribution is 5.81. The number of nitrogens with one attached hydrogen (secondary N) is 1. The molecule has 26 heavy (non-hydrogen) atoms. The van der Waals surface area contributed by atoms with Crippen molar-refractivity contribution in [3.8, 4) is 0 Å². The SMILES string of the molecule is CCCCCCCCCCCCCCCCCC(C)(C)C1CCNC1=O. The number of carbonyl (C=O) groups is 1. The topological polar surface area (TPSA) is 29.1 Å². The molecule has 1 aliphatic heterocycles. The van der Waals surface area contributed by atoms with E-state index in [1.165, 1.54) is 103 Å². The summed E-state index contributed by atoms with van der Waals surface area (Å²) in [6.45, 7) is 7.74. The molecule has 154 valence electrons. The van der Waals surface area contributed by atoms with Gasteiger partial charge >= 0.3 is 0 Å². The fourth-order valence-electron chi connectivity index (χ4n) is 4.47. The summed E-state index contributed by atoms with van der Waals surface area (Å²) in [5, 5.41) is 2.99. The van der Waals surface area contributed by atoms with Gasteiger partial charge in [0.25, 0.3) is 0 Å². The summed E-state index contributed by atoms with van der Waals surface area (Å²) in [6, 6.07) is 0. The van der Waals surface area contributed by atoms with E-state index in [9.17, 15) is 4.79 Å². The zero-order chi connectivity index (χ0) is 19.1. The van der Waals surface area contributed by atoms with Crippen molar-refractivity contribution in [1.29, 1.82) is 0 Å². The van der Waals surface area contributed by atoms with Gasteiger partial charge in [-0.1, -0.05) is 117 Å². The number of rotatable bonds is 17. The predicted molar refractivity (Wildman–Crippen MR) is 114 cm³/mol. The molecule has 0 saturated carbocycles. The molecule has 1 unspecified atom stereocenters. The molecule has 0 radical (unpaired) electrons. The largest absolute Gasteiger partial charge is 0.356 e. The molecule has 1 aliphatic rings. The molecular weight excluding hydrogens is 318 g/mol. The fraction of sp³-hybridized carbons (Fsp3) is 0.958. The Hall–Kier alpha value is -0.530. The van der Waals surface area contributed by atoms with Gasteiger partial charge in [0.05, 0.1) is 0 Å². The van der Waals surface area contributed by atoms with Gasteiger partial charge in [0.2, 0.25) is 5.91 Å². The highest BCUT2D eigenvalue weighted by Gasteiger charge is 2.37. The first-order chi connectivity index (χ1) is 12.6. The van der Waals surface area contributed by atoms with Crippen molar-refractivity contribution in [2.75, 3.05) is 6.54 Å². The molecule has 2 heteroatoms. The molecule has 2 nitrogen and oxygen atoms in total. The van der Waals surface area contributed by atoms with Crippen LogP contribution in [-0.4, -0.2) is 12.5 Å². The summed E-state index contributed by atoms with van der Waals surface area (Å²) >= 11 is 0. The fourth-order valence-corrected chi connectivity index (χ4v) is 4.47. The van der Waals surface area contributed by atoms with Crippen molar-refractivity contribution in [2.45, 2.75) is 130 Å². The highest BCUT2D eigenvalue weighted by Crippen LogP contribution is 2.37. The first-order valence-electron chi connectivity index (χ1n) is 11.9. The van der Waals surface area contributed by atoms with E-state index < -0.39 is 0 Å². The Labute approximate surface area is 164 Å². The molecule has 1 fully saturated rings. The van der Waals surface area contributed by atoms with E-state index >= 15 is 0 Å². The van der Waals surface area contributed by atoms with Crippen molar-refractivity contribution < 1.29 is 4.79 Å². The van der Waals surface area contributed by atoms with Crippen LogP contribution in [0.2, 0.25) is 0 Å². The molecule has 1 heterocycles. The third kappa shape index (κ3) is 10.6. The molecule has 1 amide bonds. The Morgan fingerprint density at radius 1 is 0.769 bits per heavy atom. The van der Waals surface area contributed by atoms with Gasteiger partial charge in [0.15, 0.2) is 0 Å². The highest BCUT2D eigenvalue weighted by atomic mass is 16.2. The summed E-state index contributed by atoms with van der Waals surface area (Å²) in [6.07, 6.45) is 23.4. The minimum atomic E-state index is 0.178. The zero-order valence-corrected chi connectivity index (χ0v) is 18.2. The van der Waals surface area contributed by atoms with Crippen molar-refractivity contribution in [1.82, 2.24) is 5.32 Å². The Kier molecular flexibility index (Phi) is 13.1. The van der Waals surface area contributed by atoms with E-state index in [4.69, 9.17) is 0 Å². The Bertz CT molecular complexity index is 350. The molecule has 1 atom stereocenters. The van der Waals surface area contributed by atoms with E-state index in [-0.39, 0.29) is 17.2 Å². The number of hydrogen-bond acceptors (Lipinski definition) is 1. The number of hydrogen-bond donors (Lipinski definition) is 1. The van der Waals surface area contributed by atoms with Gasteiger partial charge in [-0.25, -0.2) is 0 Å². The number of amides is 1. The van der Waals surface area contributed by atoms with Crippen molar-refractivity contribution in [2.24, 2.45) is 11.3 Å². The van der Waals surface area contributed by atoms with E-state index in [0.717, 1.165) is 13.0 Å². The van der Waals surface area contributed by atoms with Gasteiger partial charge in [0, 0.05) is 12.5 Å². The van der Waals surface area contributed by atoms with Crippen LogP contribution in [-0.2, 0) is 4.79 Å². The van der Waals surface area contributed by atoms with Crippen LogP contribution >= 0.6 is 0 Å². The van der Waals surface area contributed by atoms with Crippen LogP contribution in [0.3, 0.4) is 0 Å². The van der Waals surface area contributed by atoms with Crippen LogP contribution in [0, 0.1) is 11.3 Å². The second-order valence-electron chi connectivity index (χ2n) is 9.32. The lowest BCUT2D eigenvalue weighted by molar-refractivity contribution is -0.125. The average Bonchev–Trinajstić information content (AvgIpc) is 3.05. The lowest BCUT2D eigenvalue weighted by Gasteiger charge is -2.29. The first kappa shape index (κ1) is 23.5. The molecule has 0 spiro atoms. The Morgan fingerprint density at radius 2 is 1.19 bits per heavy atom. The van der Waals surface area contributed by atoms with Crippen molar-refractivity contribution in [3.63, 3.8) is 0 Å². The summed E-state index contributed by atoms with van der Waals surface area (Å²) in [5.41, 5.74) is 0.178. The summed E-state index contributed by atoms with van der Waals surface area (Å²) in [5.74, 6) is 0.533. The summed E-state index contributed by atoms with van der Waals surface area (Å²) in [7, 11) is 0. The van der Waals surface area contributed by atoms with Crippen LogP contribution in [0.15, 0.2) is 0 Å². The van der Waals surface area contributed by atoms with E-state index in [0.29, 0.717) is 0 Å². The standard InChI is InChI=1S/C24H47NO/c1-4-5-6-7-8-9-10-11-12-13-14-15-16-17-18-20-24(2,3)22-19-21-25-23(22)26/h22H,4-21H2,1-3H3,(H,25,26). The van der Waals surface area contributed by atoms with Crippen LogP contribution in [0.4, 0.5) is 0 Å². The van der Waals surface area contributed by atoms with Crippen LogP contribution < -0.4 is 5.32 Å². The van der Waals surface area contributed by atoms with Gasteiger partial charge in [0.1, 0.15) is 0 Å². The summed E-state index contributed by atoms with van der Waals surface area (Å²) < 4.78 is 0. The Morgan fingerprint density at radius 3 is 1.58 bits per heavy atom. The normalized spacial score (nSPS) is 17.7. The number of unbranched alkanes of at least 4 members (excludes halogenated alkanes) is 14. The maximum absolute atomic E-state index is 11.9. The molecular formula is C24H47NO. The maximum Gasteiger partial charge on any atom is 0.223 e. The predicted octanol–water partition coefficient (Wildman–Crippen LogP) is 7.41. The monoisotopic (exact) mass is 365 g/mol. The first-order valence-corrected chi connectivity index (χ1v) is 11.9. The van der Waals surface area contributed by atoms with E-state index in [2.05, 4.69) is 26.1 Å². The molecule has 1 N–H and O–H groups in total. The molecule has 0 bridgehead atoms. The van der Waals surface area contributed by atoms with Gasteiger partial charge in [-0.3, -0.25) is 4.79 Å². The van der Waals surface area contributed by atoms with Gasteiger partial charge in [-0.2, -0.15) is 0 Å². The second-order valence-corrected chi connectivity index (χ2v) is 9.32. The molecule has 0 aliphatic carbocycles. The second kappa shape index (κ2) is 14.5. The van der Waals surface area contributed by atoms with E-state index in [1.54, 1.807) is 0 Å². The van der Waals surface area contributed by atoms with Crippen LogP contribution in [0.25, 0.3) is 0 Å². The average molecular weight is 366 g/mol. The molecule has 0 aromatic heterocycles. The van der Waals surface area contributed by atoms with E-state index in [1.807, 2.05) is 0 Å². The van der Waals surface area contributed by atoms with Crippen molar-refractivity contribution in [3.05, 3.63) is 0 Å². The lowest BCUT2D eigenvalue weighted by Crippen LogP contribution is -2.31. The van der Waals surface area contributed by atoms with Gasteiger partial charge < -0.3 is 5.32 Å².